The maximum Gasteiger partial charge on any atom is 0.254 e. The lowest BCUT2D eigenvalue weighted by Crippen LogP contribution is -2.26. The summed E-state index contributed by atoms with van der Waals surface area (Å²) in [6, 6.07) is 24.6. The van der Waals surface area contributed by atoms with Crippen molar-refractivity contribution in [1.29, 1.82) is 5.26 Å². The second-order valence-corrected chi connectivity index (χ2v) is 7.90. The van der Waals surface area contributed by atoms with Crippen LogP contribution in [0, 0.1) is 11.3 Å². The van der Waals surface area contributed by atoms with Gasteiger partial charge in [-0.1, -0.05) is 30.3 Å². The zero-order chi connectivity index (χ0) is 22.8. The molecule has 2 heterocycles. The molecule has 0 N–H and O–H groups in total. The number of nitrogens with zero attached hydrogens (tertiary/aromatic N) is 3. The lowest BCUT2D eigenvalue weighted by molar-refractivity contribution is 0.0787. The predicted molar refractivity (Wildman–Crippen MR) is 125 cm³/mol. The van der Waals surface area contributed by atoms with Gasteiger partial charge in [0.1, 0.15) is 13.2 Å². The van der Waals surface area contributed by atoms with E-state index in [2.05, 4.69) is 6.07 Å². The Morgan fingerprint density at radius 2 is 1.76 bits per heavy atom. The quantitative estimate of drug-likeness (QED) is 0.460. The van der Waals surface area contributed by atoms with E-state index in [1.165, 1.54) is 0 Å². The van der Waals surface area contributed by atoms with Crippen LogP contribution in [0.25, 0.3) is 22.2 Å². The van der Waals surface area contributed by atoms with Gasteiger partial charge in [0.2, 0.25) is 0 Å². The number of benzene rings is 3. The maximum absolute atomic E-state index is 13.5. The van der Waals surface area contributed by atoms with Crippen LogP contribution in [0.2, 0.25) is 0 Å². The molecule has 4 aromatic rings. The lowest BCUT2D eigenvalue weighted by atomic mass is 10.0. The fraction of sp³-hybridized carbons (Fsp3) is 0.148. The van der Waals surface area contributed by atoms with Gasteiger partial charge in [0, 0.05) is 24.5 Å². The molecule has 0 bridgehead atoms. The number of amides is 1. The van der Waals surface area contributed by atoms with Crippen LogP contribution in [-0.4, -0.2) is 36.1 Å². The van der Waals surface area contributed by atoms with Crippen LogP contribution in [0.15, 0.2) is 72.8 Å². The number of aromatic nitrogens is 1. The summed E-state index contributed by atoms with van der Waals surface area (Å²) in [5, 5.41) is 9.80. The van der Waals surface area contributed by atoms with Gasteiger partial charge < -0.3 is 14.4 Å². The average Bonchev–Trinajstić information content (AvgIpc) is 2.87. The molecule has 3 aromatic carbocycles. The van der Waals surface area contributed by atoms with Crippen LogP contribution in [0.5, 0.6) is 11.5 Å². The molecular weight excluding hydrogens is 414 g/mol. The van der Waals surface area contributed by atoms with Crippen molar-refractivity contribution in [3.63, 3.8) is 0 Å². The van der Waals surface area contributed by atoms with E-state index in [1.54, 1.807) is 24.1 Å². The fourth-order valence-corrected chi connectivity index (χ4v) is 3.94. The Kier molecular flexibility index (Phi) is 5.37. The minimum absolute atomic E-state index is 0.100. The Balaban J connectivity index is 1.51. The minimum Gasteiger partial charge on any atom is -0.486 e. The summed E-state index contributed by atoms with van der Waals surface area (Å²) < 4.78 is 11.3. The molecule has 6 nitrogen and oxygen atoms in total. The highest BCUT2D eigenvalue weighted by Crippen LogP contribution is 2.35. The van der Waals surface area contributed by atoms with Crippen molar-refractivity contribution in [2.45, 2.75) is 6.54 Å². The first kappa shape index (κ1) is 20.5. The van der Waals surface area contributed by atoms with Crippen molar-refractivity contribution in [2.24, 2.45) is 0 Å². The van der Waals surface area contributed by atoms with Gasteiger partial charge >= 0.3 is 0 Å². The molecule has 0 atom stereocenters. The van der Waals surface area contributed by atoms with Crippen LogP contribution in [0.3, 0.4) is 0 Å². The summed E-state index contributed by atoms with van der Waals surface area (Å²) in [6.07, 6.45) is 0. The van der Waals surface area contributed by atoms with Crippen molar-refractivity contribution in [3.05, 3.63) is 89.5 Å². The number of ether oxygens (including phenoxy) is 2. The molecule has 1 aromatic heterocycles. The van der Waals surface area contributed by atoms with E-state index in [0.717, 1.165) is 22.0 Å². The van der Waals surface area contributed by atoms with Gasteiger partial charge in [-0.2, -0.15) is 5.26 Å². The first-order chi connectivity index (χ1) is 16.1. The van der Waals surface area contributed by atoms with Crippen molar-refractivity contribution in [2.75, 3.05) is 20.3 Å². The highest BCUT2D eigenvalue weighted by molar-refractivity contribution is 6.07. The normalized spacial score (nSPS) is 12.2. The molecule has 1 amide bonds. The third-order valence-corrected chi connectivity index (χ3v) is 5.63. The first-order valence-electron chi connectivity index (χ1n) is 10.7. The van der Waals surface area contributed by atoms with Crippen LogP contribution >= 0.6 is 0 Å². The Hall–Kier alpha value is -4.37. The van der Waals surface area contributed by atoms with Crippen LogP contribution in [0.1, 0.15) is 21.5 Å². The van der Waals surface area contributed by atoms with E-state index >= 15 is 0 Å². The molecular formula is C27H21N3O3. The number of fused-ring (bicyclic) bond motifs is 2. The van der Waals surface area contributed by atoms with E-state index in [-0.39, 0.29) is 5.91 Å². The Morgan fingerprint density at radius 1 is 1.00 bits per heavy atom. The van der Waals surface area contributed by atoms with E-state index < -0.39 is 0 Å². The van der Waals surface area contributed by atoms with E-state index in [0.29, 0.717) is 48.1 Å². The van der Waals surface area contributed by atoms with Crippen LogP contribution < -0.4 is 9.47 Å². The standard InChI is InChI=1S/C27H21N3O3/c1-30(17-19-8-6-18(16-28)7-9-19)27(31)22-15-24(29-23-5-3-2-4-21(22)23)20-10-11-25-26(14-20)33-13-12-32-25/h2-11,14-15H,12-13,17H2,1H3. The SMILES string of the molecule is CN(Cc1ccc(C#N)cc1)C(=O)c1cc(-c2ccc3c(c2)OCCO3)nc2ccccc12. The van der Waals surface area contributed by atoms with E-state index in [9.17, 15) is 4.79 Å². The zero-order valence-electron chi connectivity index (χ0n) is 18.1. The summed E-state index contributed by atoms with van der Waals surface area (Å²) in [5.41, 5.74) is 4.43. The monoisotopic (exact) mass is 435 g/mol. The molecule has 0 radical (unpaired) electrons. The molecule has 5 rings (SSSR count). The number of para-hydroxylation sites is 1. The van der Waals surface area contributed by atoms with Crippen molar-refractivity contribution in [3.8, 4) is 28.8 Å². The number of rotatable bonds is 4. The molecule has 162 valence electrons. The predicted octanol–water partition coefficient (Wildman–Crippen LogP) is 4.82. The number of hydrogen-bond acceptors (Lipinski definition) is 5. The summed E-state index contributed by atoms with van der Waals surface area (Å²) in [4.78, 5) is 20.0. The van der Waals surface area contributed by atoms with Crippen LogP contribution in [0.4, 0.5) is 0 Å². The number of hydrogen-bond donors (Lipinski definition) is 0. The number of carbonyl (C=O) groups excluding carboxylic acids is 1. The summed E-state index contributed by atoms with van der Waals surface area (Å²) in [6.45, 7) is 1.47. The minimum atomic E-state index is -0.100. The summed E-state index contributed by atoms with van der Waals surface area (Å²) in [5.74, 6) is 1.29. The zero-order valence-corrected chi connectivity index (χ0v) is 18.1. The van der Waals surface area contributed by atoms with E-state index in [4.69, 9.17) is 19.7 Å². The number of carbonyl (C=O) groups is 1. The van der Waals surface area contributed by atoms with Gasteiger partial charge in [0.05, 0.1) is 28.4 Å². The van der Waals surface area contributed by atoms with Gasteiger partial charge in [-0.05, 0) is 48.0 Å². The smallest absolute Gasteiger partial charge is 0.254 e. The lowest BCUT2D eigenvalue weighted by Gasteiger charge is -2.20. The molecule has 0 spiro atoms. The number of nitriles is 1. The molecule has 0 saturated carbocycles. The topological polar surface area (TPSA) is 75.5 Å². The van der Waals surface area contributed by atoms with Gasteiger partial charge in [0.25, 0.3) is 5.91 Å². The Morgan fingerprint density at radius 3 is 2.55 bits per heavy atom. The molecule has 33 heavy (non-hydrogen) atoms. The second-order valence-electron chi connectivity index (χ2n) is 7.90. The molecule has 1 aliphatic heterocycles. The maximum atomic E-state index is 13.5. The second kappa shape index (κ2) is 8.64. The third-order valence-electron chi connectivity index (χ3n) is 5.63. The van der Waals surface area contributed by atoms with Gasteiger partial charge in [-0.15, -0.1) is 0 Å². The van der Waals surface area contributed by atoms with E-state index in [1.807, 2.05) is 60.7 Å². The highest BCUT2D eigenvalue weighted by Gasteiger charge is 2.19. The molecule has 0 unspecified atom stereocenters. The molecule has 1 aliphatic rings. The fourth-order valence-electron chi connectivity index (χ4n) is 3.94. The first-order valence-corrected chi connectivity index (χ1v) is 10.7. The third kappa shape index (κ3) is 4.09. The van der Waals surface area contributed by atoms with Crippen molar-refractivity contribution >= 4 is 16.8 Å². The molecule has 0 fully saturated rings. The molecule has 0 saturated heterocycles. The van der Waals surface area contributed by atoms with Gasteiger partial charge in [-0.3, -0.25) is 4.79 Å². The Labute approximate surface area is 191 Å². The van der Waals surface area contributed by atoms with Crippen molar-refractivity contribution in [1.82, 2.24) is 9.88 Å². The highest BCUT2D eigenvalue weighted by atomic mass is 16.6. The molecule has 0 aliphatic carbocycles. The number of pyridine rings is 1. The van der Waals surface area contributed by atoms with Crippen LogP contribution in [-0.2, 0) is 6.54 Å². The van der Waals surface area contributed by atoms with Gasteiger partial charge in [0.15, 0.2) is 11.5 Å². The van der Waals surface area contributed by atoms with Crippen molar-refractivity contribution < 1.29 is 14.3 Å². The Bertz CT molecular complexity index is 1390. The summed E-state index contributed by atoms with van der Waals surface area (Å²) in [7, 11) is 1.78. The largest absolute Gasteiger partial charge is 0.486 e. The summed E-state index contributed by atoms with van der Waals surface area (Å²) >= 11 is 0. The van der Waals surface area contributed by atoms with Gasteiger partial charge in [-0.25, -0.2) is 4.98 Å². The molecule has 6 heteroatoms. The average molecular weight is 435 g/mol.